The third-order valence-electron chi connectivity index (χ3n) is 9.65. The van der Waals surface area contributed by atoms with Gasteiger partial charge in [0.15, 0.2) is 6.10 Å². The molecule has 5 amide bonds. The molecule has 4 rings (SSSR count). The number of rotatable bonds is 13. The molecule has 0 spiro atoms. The van der Waals surface area contributed by atoms with Crippen LogP contribution in [0.1, 0.15) is 98.3 Å². The summed E-state index contributed by atoms with van der Waals surface area (Å²) >= 11 is 0. The lowest BCUT2D eigenvalue weighted by Crippen LogP contribution is -2.59. The van der Waals surface area contributed by atoms with Gasteiger partial charge in [0.2, 0.25) is 17.7 Å². The van der Waals surface area contributed by atoms with Gasteiger partial charge in [-0.1, -0.05) is 71.6 Å². The first-order valence-electron chi connectivity index (χ1n) is 17.7. The van der Waals surface area contributed by atoms with Crippen LogP contribution in [0.4, 0.5) is 10.5 Å². The Balaban J connectivity index is 1.53. The lowest BCUT2D eigenvalue weighted by atomic mass is 9.84. The third kappa shape index (κ3) is 10.2. The predicted molar refractivity (Wildman–Crippen MR) is 182 cm³/mol. The fourth-order valence-corrected chi connectivity index (χ4v) is 6.64. The first-order valence-corrected chi connectivity index (χ1v) is 17.7. The Morgan fingerprint density at radius 2 is 1.67 bits per heavy atom. The number of nitrogens with zero attached hydrogens (tertiary/aromatic N) is 2. The molecular formula is C36H55N5O7. The maximum absolute atomic E-state index is 14.4. The topological polar surface area (TPSA) is 157 Å². The van der Waals surface area contributed by atoms with Crippen molar-refractivity contribution >= 4 is 35.4 Å². The van der Waals surface area contributed by atoms with E-state index in [2.05, 4.69) is 16.0 Å². The van der Waals surface area contributed by atoms with Gasteiger partial charge in [-0.25, -0.2) is 4.79 Å². The van der Waals surface area contributed by atoms with E-state index in [4.69, 9.17) is 4.74 Å². The number of benzene rings is 1. The quantitative estimate of drug-likeness (QED) is 0.250. The standard InChI is InChI=1S/C36H55N5O7/c1-6-13-27(30(43)33(45)37-24-18-19-24)38-32(44)28-21-26(48-35(47)40(5)25-16-11-8-12-17-25)22-41(28)34(46)31(36(2,3)4)39-29(42)20-23-14-9-7-10-15-23/h8,11-12,16-17,23-24,26-28,30-31,43H,6-7,9-10,13-15,18-22H2,1-5H3,(H,37,45)(H,38,44)(H,39,42)/t26?,27?,28-,30?,31?/m0/s1. The molecule has 1 aliphatic heterocycles. The molecule has 3 aliphatic rings. The van der Waals surface area contributed by atoms with Gasteiger partial charge in [-0.3, -0.25) is 24.1 Å². The van der Waals surface area contributed by atoms with Crippen LogP contribution >= 0.6 is 0 Å². The molecule has 12 nitrogen and oxygen atoms in total. The van der Waals surface area contributed by atoms with Crippen LogP contribution in [-0.2, 0) is 23.9 Å². The second kappa shape index (κ2) is 16.6. The van der Waals surface area contributed by atoms with Crippen molar-refractivity contribution < 1.29 is 33.8 Å². The fraction of sp³-hybridized carbons (Fsp3) is 0.694. The van der Waals surface area contributed by atoms with E-state index in [1.165, 1.54) is 16.2 Å². The molecule has 48 heavy (non-hydrogen) atoms. The van der Waals surface area contributed by atoms with Crippen LogP contribution in [0, 0.1) is 11.3 Å². The molecule has 5 atom stereocenters. The van der Waals surface area contributed by atoms with Crippen LogP contribution in [0.3, 0.4) is 0 Å². The molecule has 0 aromatic heterocycles. The van der Waals surface area contributed by atoms with Gasteiger partial charge in [0, 0.05) is 31.6 Å². The Kier molecular flexibility index (Phi) is 12.9. The Bertz CT molecular complexity index is 1280. The van der Waals surface area contributed by atoms with Crippen molar-refractivity contribution in [2.45, 2.75) is 135 Å². The molecule has 1 aromatic rings. The van der Waals surface area contributed by atoms with Crippen molar-refractivity contribution in [3.8, 4) is 0 Å². The predicted octanol–water partition coefficient (Wildman–Crippen LogP) is 3.65. The lowest BCUT2D eigenvalue weighted by molar-refractivity contribution is -0.144. The first-order chi connectivity index (χ1) is 22.8. The van der Waals surface area contributed by atoms with Gasteiger partial charge in [-0.05, 0) is 55.6 Å². The van der Waals surface area contributed by atoms with E-state index in [1.807, 2.05) is 33.8 Å². The van der Waals surface area contributed by atoms with E-state index in [9.17, 15) is 29.1 Å². The minimum atomic E-state index is -1.46. The number of aliphatic hydroxyl groups excluding tert-OH is 1. The second-order valence-electron chi connectivity index (χ2n) is 14.8. The summed E-state index contributed by atoms with van der Waals surface area (Å²) in [6.45, 7) is 7.42. The highest BCUT2D eigenvalue weighted by Crippen LogP contribution is 2.30. The van der Waals surface area contributed by atoms with Gasteiger partial charge in [-0.15, -0.1) is 0 Å². The van der Waals surface area contributed by atoms with Crippen LogP contribution in [0.5, 0.6) is 0 Å². The summed E-state index contributed by atoms with van der Waals surface area (Å²) < 4.78 is 5.84. The van der Waals surface area contributed by atoms with E-state index in [-0.39, 0.29) is 30.8 Å². The molecule has 4 N–H and O–H groups in total. The minimum Gasteiger partial charge on any atom is -0.444 e. The zero-order chi connectivity index (χ0) is 35.0. The molecule has 2 saturated carbocycles. The van der Waals surface area contributed by atoms with Crippen LogP contribution in [0.25, 0.3) is 0 Å². The van der Waals surface area contributed by atoms with Crippen LogP contribution < -0.4 is 20.9 Å². The summed E-state index contributed by atoms with van der Waals surface area (Å²) in [5, 5.41) is 19.5. The van der Waals surface area contributed by atoms with Crippen molar-refractivity contribution in [3.63, 3.8) is 0 Å². The van der Waals surface area contributed by atoms with Gasteiger partial charge >= 0.3 is 6.09 Å². The fourth-order valence-electron chi connectivity index (χ4n) is 6.64. The summed E-state index contributed by atoms with van der Waals surface area (Å²) in [6, 6.07) is 6.15. The maximum atomic E-state index is 14.4. The summed E-state index contributed by atoms with van der Waals surface area (Å²) in [7, 11) is 1.58. The number of likely N-dealkylation sites (tertiary alicyclic amines) is 1. The van der Waals surface area contributed by atoms with Gasteiger partial charge in [0.05, 0.1) is 12.6 Å². The van der Waals surface area contributed by atoms with Crippen LogP contribution in [0.2, 0.25) is 0 Å². The number of hydrogen-bond acceptors (Lipinski definition) is 7. The molecule has 1 aromatic carbocycles. The Labute approximate surface area is 284 Å². The van der Waals surface area contributed by atoms with Crippen molar-refractivity contribution in [3.05, 3.63) is 30.3 Å². The number of carbonyl (C=O) groups excluding carboxylic acids is 5. The normalized spacial score (nSPS) is 21.8. The Morgan fingerprint density at radius 1 is 1.00 bits per heavy atom. The highest BCUT2D eigenvalue weighted by atomic mass is 16.6. The molecule has 0 radical (unpaired) electrons. The highest BCUT2D eigenvalue weighted by Gasteiger charge is 2.47. The molecule has 266 valence electrons. The average Bonchev–Trinajstić information content (AvgIpc) is 3.77. The van der Waals surface area contributed by atoms with Crippen molar-refractivity contribution in [1.82, 2.24) is 20.9 Å². The lowest BCUT2D eigenvalue weighted by Gasteiger charge is -2.36. The van der Waals surface area contributed by atoms with Crippen molar-refractivity contribution in [2.24, 2.45) is 11.3 Å². The molecule has 3 fully saturated rings. The Hall–Kier alpha value is -3.67. The van der Waals surface area contributed by atoms with E-state index < -0.39 is 59.6 Å². The van der Waals surface area contributed by atoms with E-state index in [0.29, 0.717) is 24.9 Å². The van der Waals surface area contributed by atoms with Gasteiger partial charge in [0.25, 0.3) is 5.91 Å². The largest absolute Gasteiger partial charge is 0.444 e. The van der Waals surface area contributed by atoms with E-state index in [0.717, 1.165) is 38.5 Å². The molecule has 12 heteroatoms. The number of amides is 5. The van der Waals surface area contributed by atoms with Gasteiger partial charge in [-0.2, -0.15) is 0 Å². The maximum Gasteiger partial charge on any atom is 0.414 e. The number of aliphatic hydroxyl groups is 1. The highest BCUT2D eigenvalue weighted by molar-refractivity contribution is 5.94. The summed E-state index contributed by atoms with van der Waals surface area (Å²) in [4.78, 5) is 70.2. The average molecular weight is 670 g/mol. The summed E-state index contributed by atoms with van der Waals surface area (Å²) in [6.07, 6.45) is 5.44. The monoisotopic (exact) mass is 669 g/mol. The van der Waals surface area contributed by atoms with Gasteiger partial charge in [0.1, 0.15) is 18.2 Å². The minimum absolute atomic E-state index is 0.0159. The van der Waals surface area contributed by atoms with E-state index in [1.54, 1.807) is 31.3 Å². The SMILES string of the molecule is CCCC(NC(=O)[C@@H]1CC(OC(=O)N(C)c2ccccc2)CN1C(=O)C(NC(=O)CC1CCCCC1)C(C)(C)C)C(O)C(=O)NC1CC1. The van der Waals surface area contributed by atoms with Gasteiger partial charge < -0.3 is 30.7 Å². The zero-order valence-corrected chi connectivity index (χ0v) is 29.2. The van der Waals surface area contributed by atoms with Crippen LogP contribution in [0.15, 0.2) is 30.3 Å². The number of nitrogens with one attached hydrogen (secondary N) is 3. The van der Waals surface area contributed by atoms with Crippen molar-refractivity contribution in [1.29, 1.82) is 0 Å². The Morgan fingerprint density at radius 3 is 2.27 bits per heavy atom. The number of hydrogen-bond donors (Lipinski definition) is 4. The van der Waals surface area contributed by atoms with Crippen molar-refractivity contribution in [2.75, 3.05) is 18.5 Å². The smallest absolute Gasteiger partial charge is 0.414 e. The first kappa shape index (κ1) is 37.2. The zero-order valence-electron chi connectivity index (χ0n) is 29.2. The summed E-state index contributed by atoms with van der Waals surface area (Å²) in [5.41, 5.74) is -0.0677. The number of carbonyl (C=O) groups is 5. The molecule has 1 heterocycles. The molecule has 1 saturated heterocycles. The second-order valence-corrected chi connectivity index (χ2v) is 14.8. The number of para-hydroxylation sites is 1. The number of anilines is 1. The molecule has 0 bridgehead atoms. The van der Waals surface area contributed by atoms with Crippen LogP contribution in [-0.4, -0.2) is 89.7 Å². The summed E-state index contributed by atoms with van der Waals surface area (Å²) in [5.74, 6) is -1.47. The molecule has 4 unspecified atom stereocenters. The third-order valence-corrected chi connectivity index (χ3v) is 9.65. The molecular weight excluding hydrogens is 614 g/mol. The number of ether oxygens (including phenoxy) is 1. The molecule has 2 aliphatic carbocycles. The van der Waals surface area contributed by atoms with E-state index >= 15 is 0 Å².